The number of aryl methyl sites for hydroxylation is 1. The summed E-state index contributed by atoms with van der Waals surface area (Å²) >= 11 is 1.54. The van der Waals surface area contributed by atoms with Gasteiger partial charge in [-0.15, -0.1) is 10.2 Å². The first-order valence-electron chi connectivity index (χ1n) is 10.4. The van der Waals surface area contributed by atoms with Crippen molar-refractivity contribution in [3.63, 3.8) is 0 Å². The number of ether oxygens (including phenoxy) is 1. The van der Waals surface area contributed by atoms with Gasteiger partial charge in [0, 0.05) is 30.9 Å². The van der Waals surface area contributed by atoms with Crippen LogP contribution >= 0.6 is 11.9 Å². The first-order valence-corrected chi connectivity index (χ1v) is 11.1. The van der Waals surface area contributed by atoms with E-state index in [-0.39, 0.29) is 5.97 Å². The fourth-order valence-corrected chi connectivity index (χ4v) is 4.31. The summed E-state index contributed by atoms with van der Waals surface area (Å²) in [6.07, 6.45) is 9.43. The van der Waals surface area contributed by atoms with Crippen LogP contribution in [0.25, 0.3) is 11.5 Å². The van der Waals surface area contributed by atoms with Crippen molar-refractivity contribution < 1.29 is 13.9 Å². The summed E-state index contributed by atoms with van der Waals surface area (Å²) in [7, 11) is 1.90. The number of unbranched alkanes of at least 4 members (excludes halogenated alkanes) is 6. The average molecular weight is 416 g/mol. The molecule has 0 N–H and O–H groups in total. The van der Waals surface area contributed by atoms with E-state index in [1.165, 1.54) is 45.4 Å². The number of fused-ring (bicyclic) bond motifs is 1. The smallest absolute Gasteiger partial charge is 0.308 e. The van der Waals surface area contributed by atoms with E-state index in [1.54, 1.807) is 11.9 Å². The van der Waals surface area contributed by atoms with Gasteiger partial charge in [0.1, 0.15) is 0 Å². The first kappa shape index (κ1) is 21.4. The number of carbonyl (C=O) groups excluding carboxylic acids is 1. The average Bonchev–Trinajstić information content (AvgIpc) is 3.15. The zero-order valence-electron chi connectivity index (χ0n) is 17.4. The van der Waals surface area contributed by atoms with Crippen molar-refractivity contribution >= 4 is 29.4 Å². The van der Waals surface area contributed by atoms with Gasteiger partial charge < -0.3 is 13.5 Å². The number of benzene rings is 1. The molecule has 0 amide bonds. The molecule has 0 fully saturated rings. The lowest BCUT2D eigenvalue weighted by molar-refractivity contribution is -0.134. The Morgan fingerprint density at radius 1 is 1.10 bits per heavy atom. The van der Waals surface area contributed by atoms with E-state index >= 15 is 0 Å². The van der Waals surface area contributed by atoms with E-state index in [2.05, 4.69) is 17.1 Å². The Morgan fingerprint density at radius 2 is 1.83 bits per heavy atom. The molecule has 1 aliphatic rings. The van der Waals surface area contributed by atoms with Crippen LogP contribution in [0.3, 0.4) is 0 Å². The molecule has 156 valence electrons. The van der Waals surface area contributed by atoms with Gasteiger partial charge in [-0.25, -0.2) is 0 Å². The number of rotatable bonds is 10. The van der Waals surface area contributed by atoms with Gasteiger partial charge in [-0.1, -0.05) is 57.6 Å². The maximum absolute atomic E-state index is 11.7. The third-order valence-corrected chi connectivity index (χ3v) is 5.82. The zero-order chi connectivity index (χ0) is 20.6. The highest BCUT2D eigenvalue weighted by molar-refractivity contribution is 7.97. The van der Waals surface area contributed by atoms with Crippen LogP contribution in [-0.4, -0.2) is 27.5 Å². The van der Waals surface area contributed by atoms with Crippen molar-refractivity contribution in [3.8, 4) is 0 Å². The number of aromatic nitrogens is 2. The van der Waals surface area contributed by atoms with Crippen LogP contribution in [0.1, 0.15) is 76.1 Å². The highest BCUT2D eigenvalue weighted by atomic mass is 32.2. The fraction of sp³-hybridized carbons (Fsp3) is 0.500. The predicted octanol–water partition coefficient (Wildman–Crippen LogP) is 5.70. The van der Waals surface area contributed by atoms with E-state index in [0.717, 1.165) is 23.3 Å². The molecule has 0 radical (unpaired) electrons. The van der Waals surface area contributed by atoms with Crippen LogP contribution < -0.4 is 0 Å². The van der Waals surface area contributed by atoms with Gasteiger partial charge in [0.05, 0.1) is 0 Å². The Balaban J connectivity index is 1.72. The van der Waals surface area contributed by atoms with Crippen LogP contribution in [0, 0.1) is 0 Å². The summed E-state index contributed by atoms with van der Waals surface area (Å²) in [5.41, 5.74) is 1.48. The molecule has 0 spiro atoms. The summed E-state index contributed by atoms with van der Waals surface area (Å²) in [4.78, 5) is 12.7. The Labute approximate surface area is 176 Å². The second kappa shape index (κ2) is 10.5. The largest absolute Gasteiger partial charge is 0.424 e. The highest BCUT2D eigenvalue weighted by Crippen LogP contribution is 2.43. The molecule has 29 heavy (non-hydrogen) atoms. The van der Waals surface area contributed by atoms with Crippen molar-refractivity contribution in [1.29, 1.82) is 0 Å². The van der Waals surface area contributed by atoms with Crippen LogP contribution in [0.15, 0.2) is 33.6 Å². The molecule has 2 heterocycles. The van der Waals surface area contributed by atoms with Crippen molar-refractivity contribution in [2.75, 3.05) is 7.05 Å². The van der Waals surface area contributed by atoms with Gasteiger partial charge in [0.25, 0.3) is 5.89 Å². The molecule has 0 atom stereocenters. The monoisotopic (exact) mass is 415 g/mol. The third kappa shape index (κ3) is 5.63. The molecule has 3 rings (SSSR count). The summed E-state index contributed by atoms with van der Waals surface area (Å²) in [6.45, 7) is 3.63. The standard InChI is InChI=1S/C22H29N3O3S/c1-4-5-6-7-8-9-10-15-19-23-24-22(28-19)20-21(27-16(2)26)17-13-11-12-14-18(17)29-25(20)3/h11-14H,4-10,15H2,1-3H3. The number of carbonyl (C=O) groups is 1. The summed E-state index contributed by atoms with van der Waals surface area (Å²) in [5, 5.41) is 8.45. The number of hydrogen-bond acceptors (Lipinski definition) is 7. The van der Waals surface area contributed by atoms with Gasteiger partial charge in [-0.05, 0) is 30.5 Å². The van der Waals surface area contributed by atoms with Gasteiger partial charge in [0.2, 0.25) is 5.89 Å². The molecule has 1 aromatic heterocycles. The quantitative estimate of drug-likeness (QED) is 0.280. The second-order valence-electron chi connectivity index (χ2n) is 7.23. The number of esters is 1. The Kier molecular flexibility index (Phi) is 7.75. The third-order valence-electron chi connectivity index (χ3n) is 4.81. The van der Waals surface area contributed by atoms with Crippen LogP contribution in [0.5, 0.6) is 0 Å². The molecule has 0 bridgehead atoms. The van der Waals surface area contributed by atoms with Crippen LogP contribution in [-0.2, 0) is 16.0 Å². The molecule has 0 unspecified atom stereocenters. The minimum absolute atomic E-state index is 0.378. The minimum Gasteiger partial charge on any atom is -0.424 e. The van der Waals surface area contributed by atoms with Gasteiger partial charge in [-0.3, -0.25) is 4.79 Å². The maximum Gasteiger partial charge on any atom is 0.308 e. The fourth-order valence-electron chi connectivity index (χ4n) is 3.36. The molecular formula is C22H29N3O3S. The molecule has 6 nitrogen and oxygen atoms in total. The molecule has 1 aromatic carbocycles. The van der Waals surface area contributed by atoms with Crippen molar-refractivity contribution in [2.45, 2.75) is 70.1 Å². The molecule has 7 heteroatoms. The zero-order valence-corrected chi connectivity index (χ0v) is 18.3. The lowest BCUT2D eigenvalue weighted by Gasteiger charge is -2.28. The highest BCUT2D eigenvalue weighted by Gasteiger charge is 2.30. The summed E-state index contributed by atoms with van der Waals surface area (Å²) in [6, 6.07) is 7.81. The molecule has 2 aromatic rings. The maximum atomic E-state index is 11.7. The normalized spacial score (nSPS) is 13.6. The Hall–Kier alpha value is -2.28. The minimum atomic E-state index is -0.379. The van der Waals surface area contributed by atoms with Gasteiger partial charge in [0.15, 0.2) is 11.5 Å². The molecule has 0 aliphatic carbocycles. The van der Waals surface area contributed by atoms with Crippen LogP contribution in [0.4, 0.5) is 0 Å². The van der Waals surface area contributed by atoms with Gasteiger partial charge >= 0.3 is 5.97 Å². The Bertz CT molecular complexity index is 862. The number of hydrogen-bond donors (Lipinski definition) is 0. The predicted molar refractivity (Wildman–Crippen MR) is 115 cm³/mol. The molecule has 0 saturated carbocycles. The number of nitrogens with zero attached hydrogens (tertiary/aromatic N) is 3. The van der Waals surface area contributed by atoms with E-state index < -0.39 is 0 Å². The summed E-state index contributed by atoms with van der Waals surface area (Å²) < 4.78 is 13.4. The summed E-state index contributed by atoms with van der Waals surface area (Å²) in [5.74, 6) is 1.08. The van der Waals surface area contributed by atoms with Crippen LogP contribution in [0.2, 0.25) is 0 Å². The van der Waals surface area contributed by atoms with Crippen molar-refractivity contribution in [2.24, 2.45) is 0 Å². The SMILES string of the molecule is CCCCCCCCCc1nnc(C2=C(OC(C)=O)c3ccccc3SN2C)o1. The Morgan fingerprint density at radius 3 is 2.59 bits per heavy atom. The topological polar surface area (TPSA) is 68.5 Å². The van der Waals surface area contributed by atoms with E-state index in [1.807, 2.05) is 35.6 Å². The van der Waals surface area contributed by atoms with Crippen molar-refractivity contribution in [3.05, 3.63) is 41.6 Å². The lowest BCUT2D eigenvalue weighted by Crippen LogP contribution is -2.17. The molecule has 1 aliphatic heterocycles. The molecule has 0 saturated heterocycles. The van der Waals surface area contributed by atoms with Gasteiger partial charge in [-0.2, -0.15) is 0 Å². The van der Waals surface area contributed by atoms with E-state index in [0.29, 0.717) is 23.2 Å². The molecular weight excluding hydrogens is 386 g/mol. The van der Waals surface area contributed by atoms with E-state index in [9.17, 15) is 4.79 Å². The second-order valence-corrected chi connectivity index (χ2v) is 8.40. The lowest BCUT2D eigenvalue weighted by atomic mass is 10.1. The van der Waals surface area contributed by atoms with E-state index in [4.69, 9.17) is 9.15 Å². The first-order chi connectivity index (χ1) is 14.1. The van der Waals surface area contributed by atoms with Crippen molar-refractivity contribution in [1.82, 2.24) is 14.5 Å².